The van der Waals surface area contributed by atoms with Crippen LogP contribution in [0.25, 0.3) is 0 Å². The fourth-order valence-corrected chi connectivity index (χ4v) is 1.76. The molecule has 1 unspecified atom stereocenters. The zero-order valence-corrected chi connectivity index (χ0v) is 10.6. The molecule has 21 heavy (non-hydrogen) atoms. The van der Waals surface area contributed by atoms with Crippen molar-refractivity contribution < 1.29 is 24.6 Å². The third-order valence-electron chi connectivity index (χ3n) is 2.72. The number of carbonyl (C=O) groups is 3. The molecule has 0 bridgehead atoms. The number of carboxylic acids is 2. The summed E-state index contributed by atoms with van der Waals surface area (Å²) >= 11 is 0. The molecular weight excluding hydrogens is 278 g/mol. The number of rotatable bonds is 5. The number of hydrogen-bond donors (Lipinski definition) is 4. The lowest BCUT2D eigenvalue weighted by Crippen LogP contribution is -2.34. The number of carbonyl (C=O) groups excluding carboxylic acids is 1. The Hall–Kier alpha value is -3.16. The van der Waals surface area contributed by atoms with E-state index in [1.807, 2.05) is 0 Å². The van der Waals surface area contributed by atoms with Crippen molar-refractivity contribution in [2.45, 2.75) is 6.04 Å². The van der Waals surface area contributed by atoms with Crippen LogP contribution in [0.4, 0.5) is 0 Å². The smallest absolute Gasteiger partial charge is 0.354 e. The first-order chi connectivity index (χ1) is 10.0. The van der Waals surface area contributed by atoms with Crippen LogP contribution in [0.2, 0.25) is 0 Å². The van der Waals surface area contributed by atoms with Crippen LogP contribution in [0, 0.1) is 0 Å². The van der Waals surface area contributed by atoms with E-state index in [-0.39, 0.29) is 5.69 Å². The number of nitrogens with one attached hydrogen (secondary N) is 2. The van der Waals surface area contributed by atoms with Gasteiger partial charge in [0.05, 0.1) is 6.33 Å². The fourth-order valence-electron chi connectivity index (χ4n) is 1.76. The van der Waals surface area contributed by atoms with Crippen molar-refractivity contribution in [3.8, 4) is 0 Å². The van der Waals surface area contributed by atoms with Gasteiger partial charge < -0.3 is 20.5 Å². The first-order valence-corrected chi connectivity index (χ1v) is 5.86. The zero-order chi connectivity index (χ0) is 15.4. The summed E-state index contributed by atoms with van der Waals surface area (Å²) in [6.45, 7) is 0. The van der Waals surface area contributed by atoms with Gasteiger partial charge in [-0.15, -0.1) is 0 Å². The normalized spacial score (nSPS) is 11.6. The van der Waals surface area contributed by atoms with Gasteiger partial charge in [0.15, 0.2) is 17.4 Å². The molecule has 0 aliphatic heterocycles. The highest BCUT2D eigenvalue weighted by molar-refractivity contribution is 6.03. The number of aromatic carboxylic acids is 1. The molecule has 2 aromatic rings. The second-order valence-electron chi connectivity index (χ2n) is 4.09. The van der Waals surface area contributed by atoms with Crippen molar-refractivity contribution in [3.05, 3.63) is 53.6 Å². The van der Waals surface area contributed by atoms with Crippen molar-refractivity contribution >= 4 is 17.8 Å². The highest BCUT2D eigenvalue weighted by Gasteiger charge is 2.26. The number of hydrogen-bond acceptors (Lipinski definition) is 4. The zero-order valence-electron chi connectivity index (χ0n) is 10.6. The van der Waals surface area contributed by atoms with Gasteiger partial charge in [-0.1, -0.05) is 30.3 Å². The summed E-state index contributed by atoms with van der Waals surface area (Å²) in [4.78, 5) is 40.1. The van der Waals surface area contributed by atoms with Gasteiger partial charge in [-0.25, -0.2) is 14.6 Å². The number of carboxylic acid groups (broad SMARTS) is 2. The minimum atomic E-state index is -1.36. The Bertz CT molecular complexity index is 680. The van der Waals surface area contributed by atoms with E-state index in [1.54, 1.807) is 30.3 Å². The number of imidazole rings is 1. The molecule has 0 radical (unpaired) electrons. The highest BCUT2D eigenvalue weighted by Crippen LogP contribution is 2.14. The third-order valence-corrected chi connectivity index (χ3v) is 2.72. The topological polar surface area (TPSA) is 132 Å². The van der Waals surface area contributed by atoms with Gasteiger partial charge in [-0.05, 0) is 5.56 Å². The molecule has 108 valence electrons. The van der Waals surface area contributed by atoms with Crippen molar-refractivity contribution in [1.82, 2.24) is 15.3 Å². The van der Waals surface area contributed by atoms with E-state index in [2.05, 4.69) is 15.3 Å². The van der Waals surface area contributed by atoms with Gasteiger partial charge in [-0.3, -0.25) is 4.79 Å². The average Bonchev–Trinajstić information content (AvgIpc) is 2.94. The van der Waals surface area contributed by atoms with E-state index in [0.29, 0.717) is 5.56 Å². The monoisotopic (exact) mass is 289 g/mol. The average molecular weight is 289 g/mol. The molecule has 1 aromatic carbocycles. The minimum absolute atomic E-state index is 0.366. The predicted octanol–water partition coefficient (Wildman–Crippen LogP) is 0.664. The van der Waals surface area contributed by atoms with Gasteiger partial charge in [0.2, 0.25) is 0 Å². The largest absolute Gasteiger partial charge is 0.479 e. The lowest BCUT2D eigenvalue weighted by atomic mass is 10.1. The molecule has 2 rings (SSSR count). The summed E-state index contributed by atoms with van der Waals surface area (Å²) < 4.78 is 0. The molecule has 1 amide bonds. The number of H-pyrrole nitrogens is 1. The Morgan fingerprint density at radius 1 is 1.14 bits per heavy atom. The Labute approximate surface area is 118 Å². The van der Waals surface area contributed by atoms with Crippen LogP contribution in [-0.2, 0) is 4.79 Å². The van der Waals surface area contributed by atoms with E-state index < -0.39 is 29.6 Å². The molecule has 1 aromatic heterocycles. The van der Waals surface area contributed by atoms with Crippen molar-refractivity contribution in [3.63, 3.8) is 0 Å². The number of aromatic nitrogens is 2. The number of nitrogens with zero attached hydrogens (tertiary/aromatic N) is 1. The van der Waals surface area contributed by atoms with Crippen LogP contribution >= 0.6 is 0 Å². The molecule has 8 nitrogen and oxygen atoms in total. The maximum Gasteiger partial charge on any atom is 0.354 e. The predicted molar refractivity (Wildman–Crippen MR) is 69.8 cm³/mol. The van der Waals surface area contributed by atoms with Crippen molar-refractivity contribution in [2.75, 3.05) is 0 Å². The SMILES string of the molecule is O=C(NC(C(=O)O)c1ccccc1)c1nc[nH]c1C(=O)O. The Morgan fingerprint density at radius 2 is 1.81 bits per heavy atom. The van der Waals surface area contributed by atoms with Crippen molar-refractivity contribution in [2.24, 2.45) is 0 Å². The molecule has 8 heteroatoms. The Balaban J connectivity index is 2.26. The summed E-state index contributed by atoms with van der Waals surface area (Å²) in [5.41, 5.74) is -0.403. The first-order valence-electron chi connectivity index (χ1n) is 5.86. The van der Waals surface area contributed by atoms with Gasteiger partial charge >= 0.3 is 11.9 Å². The summed E-state index contributed by atoms with van der Waals surface area (Å²) in [7, 11) is 0. The second-order valence-corrected chi connectivity index (χ2v) is 4.09. The van der Waals surface area contributed by atoms with E-state index in [0.717, 1.165) is 6.33 Å². The number of aliphatic carboxylic acids is 1. The van der Waals surface area contributed by atoms with E-state index in [9.17, 15) is 19.5 Å². The van der Waals surface area contributed by atoms with E-state index in [4.69, 9.17) is 5.11 Å². The van der Waals surface area contributed by atoms with Gasteiger partial charge in [-0.2, -0.15) is 0 Å². The fraction of sp³-hybridized carbons (Fsp3) is 0.0769. The summed E-state index contributed by atoms with van der Waals surface area (Å²) in [5.74, 6) is -3.50. The molecule has 0 fully saturated rings. The maximum atomic E-state index is 12.0. The second kappa shape index (κ2) is 5.87. The molecule has 4 N–H and O–H groups in total. The van der Waals surface area contributed by atoms with Crippen LogP contribution in [0.1, 0.15) is 32.6 Å². The third kappa shape index (κ3) is 3.06. The van der Waals surface area contributed by atoms with Gasteiger partial charge in [0, 0.05) is 0 Å². The van der Waals surface area contributed by atoms with Gasteiger partial charge in [0.25, 0.3) is 5.91 Å². The Kier molecular flexibility index (Phi) is 3.98. The van der Waals surface area contributed by atoms with Crippen LogP contribution < -0.4 is 5.32 Å². The quantitative estimate of drug-likeness (QED) is 0.639. The molecule has 1 heterocycles. The molecular formula is C13H11N3O5. The molecule has 0 saturated heterocycles. The number of aromatic amines is 1. The molecule has 0 spiro atoms. The van der Waals surface area contributed by atoms with Crippen LogP contribution in [-0.4, -0.2) is 38.0 Å². The first kappa shape index (κ1) is 14.3. The van der Waals surface area contributed by atoms with Crippen LogP contribution in [0.5, 0.6) is 0 Å². The summed E-state index contributed by atoms with van der Waals surface area (Å²) in [6.07, 6.45) is 1.05. The summed E-state index contributed by atoms with van der Waals surface area (Å²) in [6, 6.07) is 6.77. The van der Waals surface area contributed by atoms with Crippen LogP contribution in [0.15, 0.2) is 36.7 Å². The molecule has 0 saturated carbocycles. The lowest BCUT2D eigenvalue weighted by Gasteiger charge is -2.14. The van der Waals surface area contributed by atoms with Crippen LogP contribution in [0.3, 0.4) is 0 Å². The molecule has 0 aliphatic rings. The Morgan fingerprint density at radius 3 is 2.38 bits per heavy atom. The number of amides is 1. The number of benzene rings is 1. The van der Waals surface area contributed by atoms with E-state index >= 15 is 0 Å². The van der Waals surface area contributed by atoms with E-state index in [1.165, 1.54) is 0 Å². The van der Waals surface area contributed by atoms with Crippen molar-refractivity contribution in [1.29, 1.82) is 0 Å². The minimum Gasteiger partial charge on any atom is -0.479 e. The molecule has 0 aliphatic carbocycles. The summed E-state index contributed by atoms with van der Waals surface area (Å²) in [5, 5.41) is 20.3. The standard InChI is InChI=1S/C13H11N3O5/c17-11(9-10(13(20)21)15-6-14-9)16-8(12(18)19)7-4-2-1-3-5-7/h1-6,8H,(H,14,15)(H,16,17)(H,18,19)(H,20,21). The van der Waals surface area contributed by atoms with Gasteiger partial charge in [0.1, 0.15) is 0 Å². The maximum absolute atomic E-state index is 12.0. The highest BCUT2D eigenvalue weighted by atomic mass is 16.4. The molecule has 1 atom stereocenters. The lowest BCUT2D eigenvalue weighted by molar-refractivity contribution is -0.139.